The second-order valence-electron chi connectivity index (χ2n) is 3.53. The maximum atomic E-state index is 5.89. The molecule has 17 heavy (non-hydrogen) atoms. The summed E-state index contributed by atoms with van der Waals surface area (Å²) in [6.45, 7) is 0. The summed E-state index contributed by atoms with van der Waals surface area (Å²) in [5, 5.41) is 0.683. The van der Waals surface area contributed by atoms with Gasteiger partial charge in [-0.15, -0.1) is 11.6 Å². The standard InChI is InChI=1S/C12H10BrCl2NO/c13-10-6-8(15)3-4-9(10)11-7-16-12(17-11)2-1-5-14/h3-4,6-7H,1-2,5H2. The summed E-state index contributed by atoms with van der Waals surface area (Å²) in [5.74, 6) is 2.06. The van der Waals surface area contributed by atoms with Gasteiger partial charge in [-0.25, -0.2) is 4.98 Å². The zero-order valence-corrected chi connectivity index (χ0v) is 12.0. The predicted octanol–water partition coefficient (Wildman–Crippen LogP) is 4.93. The van der Waals surface area contributed by atoms with Gasteiger partial charge in [0.05, 0.1) is 6.20 Å². The fraction of sp³-hybridized carbons (Fsp3) is 0.250. The molecule has 2 rings (SSSR count). The van der Waals surface area contributed by atoms with Crippen LogP contribution in [0.1, 0.15) is 12.3 Å². The lowest BCUT2D eigenvalue weighted by Crippen LogP contribution is -1.84. The fourth-order valence-electron chi connectivity index (χ4n) is 1.46. The number of aryl methyl sites for hydroxylation is 1. The number of nitrogens with zero attached hydrogens (tertiary/aromatic N) is 1. The molecule has 0 aliphatic rings. The van der Waals surface area contributed by atoms with E-state index in [1.165, 1.54) is 0 Å². The Balaban J connectivity index is 2.24. The van der Waals surface area contributed by atoms with E-state index in [0.717, 1.165) is 28.6 Å². The van der Waals surface area contributed by atoms with Crippen LogP contribution in [0.4, 0.5) is 0 Å². The number of oxazole rings is 1. The SMILES string of the molecule is ClCCCc1ncc(-c2ccc(Cl)cc2Br)o1. The van der Waals surface area contributed by atoms with E-state index >= 15 is 0 Å². The van der Waals surface area contributed by atoms with Crippen molar-refractivity contribution in [3.63, 3.8) is 0 Å². The van der Waals surface area contributed by atoms with Crippen LogP contribution in [0.15, 0.2) is 33.3 Å². The van der Waals surface area contributed by atoms with Crippen LogP contribution >= 0.6 is 39.1 Å². The molecule has 1 heterocycles. The van der Waals surface area contributed by atoms with E-state index in [0.29, 0.717) is 16.8 Å². The zero-order valence-electron chi connectivity index (χ0n) is 8.92. The van der Waals surface area contributed by atoms with Crippen LogP contribution < -0.4 is 0 Å². The molecule has 0 radical (unpaired) electrons. The maximum Gasteiger partial charge on any atom is 0.194 e. The first kappa shape index (κ1) is 12.9. The lowest BCUT2D eigenvalue weighted by atomic mass is 10.2. The molecule has 5 heteroatoms. The molecule has 2 aromatic rings. The lowest BCUT2D eigenvalue weighted by Gasteiger charge is -2.00. The summed E-state index contributed by atoms with van der Waals surface area (Å²) >= 11 is 15.0. The number of benzene rings is 1. The van der Waals surface area contributed by atoms with Crippen LogP contribution in [0.25, 0.3) is 11.3 Å². The molecule has 0 bridgehead atoms. The van der Waals surface area contributed by atoms with E-state index in [9.17, 15) is 0 Å². The molecule has 1 aromatic heterocycles. The smallest absolute Gasteiger partial charge is 0.194 e. The minimum Gasteiger partial charge on any atom is -0.441 e. The molecule has 2 nitrogen and oxygen atoms in total. The molecule has 1 aromatic carbocycles. The van der Waals surface area contributed by atoms with Gasteiger partial charge < -0.3 is 4.42 Å². The van der Waals surface area contributed by atoms with E-state index < -0.39 is 0 Å². The summed E-state index contributed by atoms with van der Waals surface area (Å²) in [6.07, 6.45) is 3.34. The number of alkyl halides is 1. The average molecular weight is 335 g/mol. The van der Waals surface area contributed by atoms with Crippen LogP contribution in [0, 0.1) is 0 Å². The number of halogens is 3. The van der Waals surface area contributed by atoms with Crippen LogP contribution in [-0.2, 0) is 6.42 Å². The second kappa shape index (κ2) is 5.89. The Morgan fingerprint density at radius 2 is 2.18 bits per heavy atom. The van der Waals surface area contributed by atoms with Gasteiger partial charge in [-0.05, 0) is 40.5 Å². The minimum atomic E-state index is 0.613. The second-order valence-corrected chi connectivity index (χ2v) is 5.20. The number of rotatable bonds is 4. The topological polar surface area (TPSA) is 26.0 Å². The molecule has 0 amide bonds. The summed E-state index contributed by atoms with van der Waals surface area (Å²) in [7, 11) is 0. The van der Waals surface area contributed by atoms with Crippen LogP contribution in [0.5, 0.6) is 0 Å². The largest absolute Gasteiger partial charge is 0.441 e. The Labute approximate surface area is 118 Å². The van der Waals surface area contributed by atoms with E-state index in [1.54, 1.807) is 6.20 Å². The number of hydrogen-bond donors (Lipinski definition) is 0. The molecule has 0 saturated carbocycles. The Bertz CT molecular complexity index is 513. The number of aromatic nitrogens is 1. The van der Waals surface area contributed by atoms with Gasteiger partial charge in [0.25, 0.3) is 0 Å². The summed E-state index contributed by atoms with van der Waals surface area (Å²) in [4.78, 5) is 4.21. The molecule has 0 aliphatic carbocycles. The Morgan fingerprint density at radius 3 is 2.88 bits per heavy atom. The van der Waals surface area contributed by atoms with E-state index in [1.807, 2.05) is 18.2 Å². The molecular weight excluding hydrogens is 325 g/mol. The minimum absolute atomic E-state index is 0.613. The van der Waals surface area contributed by atoms with E-state index in [2.05, 4.69) is 20.9 Å². The third kappa shape index (κ3) is 3.24. The first-order chi connectivity index (χ1) is 8.20. The van der Waals surface area contributed by atoms with Crippen molar-refractivity contribution in [1.29, 1.82) is 0 Å². The van der Waals surface area contributed by atoms with Gasteiger partial charge in [-0.2, -0.15) is 0 Å². The third-order valence-corrected chi connectivity index (χ3v) is 3.43. The van der Waals surface area contributed by atoms with Gasteiger partial charge in [0, 0.05) is 27.4 Å². The molecule has 0 spiro atoms. The van der Waals surface area contributed by atoms with Gasteiger partial charge in [0.15, 0.2) is 11.7 Å². The van der Waals surface area contributed by atoms with Crippen LogP contribution in [0.3, 0.4) is 0 Å². The summed E-state index contributed by atoms with van der Waals surface area (Å²) in [6, 6.07) is 5.55. The first-order valence-corrected chi connectivity index (χ1v) is 6.87. The van der Waals surface area contributed by atoms with Crippen molar-refractivity contribution in [2.45, 2.75) is 12.8 Å². The van der Waals surface area contributed by atoms with Crippen molar-refractivity contribution >= 4 is 39.1 Å². The molecule has 0 saturated heterocycles. The average Bonchev–Trinajstić information content (AvgIpc) is 2.75. The predicted molar refractivity (Wildman–Crippen MR) is 73.7 cm³/mol. The normalized spacial score (nSPS) is 10.8. The highest BCUT2D eigenvalue weighted by Crippen LogP contribution is 2.31. The molecule has 0 atom stereocenters. The highest BCUT2D eigenvalue weighted by Gasteiger charge is 2.09. The van der Waals surface area contributed by atoms with Crippen molar-refractivity contribution in [3.8, 4) is 11.3 Å². The molecule has 0 unspecified atom stereocenters. The third-order valence-electron chi connectivity index (χ3n) is 2.27. The van der Waals surface area contributed by atoms with Crippen molar-refractivity contribution in [3.05, 3.63) is 39.8 Å². The number of hydrogen-bond acceptors (Lipinski definition) is 2. The van der Waals surface area contributed by atoms with Crippen LogP contribution in [-0.4, -0.2) is 10.9 Å². The maximum absolute atomic E-state index is 5.89. The van der Waals surface area contributed by atoms with Gasteiger partial charge >= 0.3 is 0 Å². The quantitative estimate of drug-likeness (QED) is 0.741. The zero-order chi connectivity index (χ0) is 12.3. The Kier molecular flexibility index (Phi) is 4.48. The van der Waals surface area contributed by atoms with Crippen molar-refractivity contribution < 1.29 is 4.42 Å². The van der Waals surface area contributed by atoms with Crippen molar-refractivity contribution in [2.24, 2.45) is 0 Å². The Morgan fingerprint density at radius 1 is 1.35 bits per heavy atom. The highest BCUT2D eigenvalue weighted by molar-refractivity contribution is 9.10. The molecule has 0 N–H and O–H groups in total. The Hall–Kier alpha value is -0.510. The van der Waals surface area contributed by atoms with Gasteiger partial charge in [0.2, 0.25) is 0 Å². The summed E-state index contributed by atoms with van der Waals surface area (Å²) < 4.78 is 6.54. The highest BCUT2D eigenvalue weighted by atomic mass is 79.9. The first-order valence-electron chi connectivity index (χ1n) is 5.17. The lowest BCUT2D eigenvalue weighted by molar-refractivity contribution is 0.503. The molecule has 0 aliphatic heterocycles. The van der Waals surface area contributed by atoms with Gasteiger partial charge in [-0.3, -0.25) is 0 Å². The van der Waals surface area contributed by atoms with Gasteiger partial charge in [0.1, 0.15) is 0 Å². The fourth-order valence-corrected chi connectivity index (χ4v) is 2.47. The van der Waals surface area contributed by atoms with E-state index in [-0.39, 0.29) is 0 Å². The summed E-state index contributed by atoms with van der Waals surface area (Å²) in [5.41, 5.74) is 0.944. The molecular formula is C12H10BrCl2NO. The monoisotopic (exact) mass is 333 g/mol. The van der Waals surface area contributed by atoms with Gasteiger partial charge in [-0.1, -0.05) is 11.6 Å². The van der Waals surface area contributed by atoms with Crippen LogP contribution in [0.2, 0.25) is 5.02 Å². The van der Waals surface area contributed by atoms with Crippen molar-refractivity contribution in [2.75, 3.05) is 5.88 Å². The molecule has 90 valence electrons. The van der Waals surface area contributed by atoms with Crippen molar-refractivity contribution in [1.82, 2.24) is 4.98 Å². The molecule has 0 fully saturated rings. The van der Waals surface area contributed by atoms with E-state index in [4.69, 9.17) is 27.6 Å².